The van der Waals surface area contributed by atoms with Gasteiger partial charge in [0.15, 0.2) is 0 Å². The molecule has 2 aromatic rings. The molecule has 0 aliphatic heterocycles. The number of carbonyl (C=O) groups is 1. The molecule has 0 radical (unpaired) electrons. The van der Waals surface area contributed by atoms with E-state index in [0.29, 0.717) is 18.5 Å². The number of primary amides is 1. The Hall–Kier alpha value is -2.27. The summed E-state index contributed by atoms with van der Waals surface area (Å²) < 4.78 is 7.66. The number of amides is 1. The molecule has 0 atom stereocenters. The molecular formula is C20H28N2O3. The molecule has 0 saturated carbocycles. The standard InChI is InChI=1S/C20H28N2O3/c1-4-5-10-16-19(15-9-6-7-11-17(15)25-3)18(20(21)24)14(2)22(16)12-8-13-23/h6-7,9,11,23H,4-5,8,10,12-13H2,1-3H3,(H2,21,24). The lowest BCUT2D eigenvalue weighted by Gasteiger charge is -2.14. The van der Waals surface area contributed by atoms with Gasteiger partial charge in [0.05, 0.1) is 12.7 Å². The van der Waals surface area contributed by atoms with E-state index in [1.54, 1.807) is 7.11 Å². The average Bonchev–Trinajstić information content (AvgIpc) is 2.89. The van der Waals surface area contributed by atoms with Gasteiger partial charge in [-0.1, -0.05) is 31.5 Å². The van der Waals surface area contributed by atoms with E-state index < -0.39 is 5.91 Å². The second-order valence-corrected chi connectivity index (χ2v) is 6.18. The lowest BCUT2D eigenvalue weighted by atomic mass is 9.97. The van der Waals surface area contributed by atoms with Gasteiger partial charge < -0.3 is 20.1 Å². The monoisotopic (exact) mass is 344 g/mol. The second kappa shape index (κ2) is 8.72. The Bertz CT molecular complexity index is 735. The van der Waals surface area contributed by atoms with E-state index in [1.807, 2.05) is 31.2 Å². The number of unbranched alkanes of at least 4 members (excludes halogenated alkanes) is 1. The van der Waals surface area contributed by atoms with Gasteiger partial charge >= 0.3 is 0 Å². The van der Waals surface area contributed by atoms with Crippen molar-refractivity contribution in [3.05, 3.63) is 41.2 Å². The highest BCUT2D eigenvalue weighted by Crippen LogP contribution is 2.38. The number of nitrogens with two attached hydrogens (primary N) is 1. The quantitative estimate of drug-likeness (QED) is 0.733. The van der Waals surface area contributed by atoms with Crippen LogP contribution in [0.1, 0.15) is 47.9 Å². The number of ether oxygens (including phenoxy) is 1. The summed E-state index contributed by atoms with van der Waals surface area (Å²) in [5.41, 5.74) is 9.99. The zero-order valence-corrected chi connectivity index (χ0v) is 15.3. The molecule has 1 aromatic heterocycles. The molecule has 25 heavy (non-hydrogen) atoms. The zero-order valence-electron chi connectivity index (χ0n) is 15.3. The topological polar surface area (TPSA) is 77.5 Å². The van der Waals surface area contributed by atoms with Crippen LogP contribution in [0.15, 0.2) is 24.3 Å². The first-order chi connectivity index (χ1) is 12.1. The minimum atomic E-state index is -0.432. The molecule has 1 aromatic carbocycles. The van der Waals surface area contributed by atoms with E-state index >= 15 is 0 Å². The van der Waals surface area contributed by atoms with E-state index in [-0.39, 0.29) is 6.61 Å². The summed E-state index contributed by atoms with van der Waals surface area (Å²) in [7, 11) is 1.63. The molecule has 0 aliphatic rings. The number of aliphatic hydroxyl groups is 1. The number of nitrogens with zero attached hydrogens (tertiary/aromatic N) is 1. The number of benzene rings is 1. The molecule has 0 bridgehead atoms. The van der Waals surface area contributed by atoms with Crippen LogP contribution >= 0.6 is 0 Å². The molecule has 0 fully saturated rings. The summed E-state index contributed by atoms with van der Waals surface area (Å²) in [5, 5.41) is 9.24. The number of carbonyl (C=O) groups excluding carboxylic acids is 1. The normalized spacial score (nSPS) is 10.9. The van der Waals surface area contributed by atoms with Crippen LogP contribution in [0.4, 0.5) is 0 Å². The van der Waals surface area contributed by atoms with Crippen LogP contribution in [0.5, 0.6) is 5.75 Å². The minimum Gasteiger partial charge on any atom is -0.496 e. The maximum Gasteiger partial charge on any atom is 0.251 e. The first-order valence-corrected chi connectivity index (χ1v) is 8.82. The molecule has 5 nitrogen and oxygen atoms in total. The molecule has 136 valence electrons. The second-order valence-electron chi connectivity index (χ2n) is 6.18. The minimum absolute atomic E-state index is 0.112. The zero-order chi connectivity index (χ0) is 18.4. The summed E-state index contributed by atoms with van der Waals surface area (Å²) in [6.07, 6.45) is 3.56. The summed E-state index contributed by atoms with van der Waals surface area (Å²) in [6.45, 7) is 4.84. The lowest BCUT2D eigenvalue weighted by Crippen LogP contribution is -2.13. The Labute approximate surface area is 149 Å². The Morgan fingerprint density at radius 2 is 2.00 bits per heavy atom. The smallest absolute Gasteiger partial charge is 0.251 e. The van der Waals surface area contributed by atoms with Crippen molar-refractivity contribution in [3.8, 4) is 16.9 Å². The van der Waals surface area contributed by atoms with Crippen molar-refractivity contribution in [3.63, 3.8) is 0 Å². The van der Waals surface area contributed by atoms with Crippen molar-refractivity contribution in [2.45, 2.75) is 46.1 Å². The highest BCUT2D eigenvalue weighted by Gasteiger charge is 2.25. The number of aliphatic hydroxyl groups excluding tert-OH is 1. The van der Waals surface area contributed by atoms with E-state index in [1.165, 1.54) is 0 Å². The Morgan fingerprint density at radius 1 is 1.28 bits per heavy atom. The van der Waals surface area contributed by atoms with Gasteiger partial charge in [-0.2, -0.15) is 0 Å². The van der Waals surface area contributed by atoms with Gasteiger partial charge in [-0.25, -0.2) is 0 Å². The van der Waals surface area contributed by atoms with Crippen molar-refractivity contribution in [2.75, 3.05) is 13.7 Å². The summed E-state index contributed by atoms with van der Waals surface area (Å²) in [4.78, 5) is 12.2. The predicted octanol–water partition coefficient (Wildman–Crippen LogP) is 3.30. The Morgan fingerprint density at radius 3 is 2.60 bits per heavy atom. The third-order valence-electron chi connectivity index (χ3n) is 4.56. The number of hydrogen-bond donors (Lipinski definition) is 2. The maximum atomic E-state index is 12.2. The van der Waals surface area contributed by atoms with Crippen LogP contribution in [-0.4, -0.2) is 29.3 Å². The number of hydrogen-bond acceptors (Lipinski definition) is 3. The van der Waals surface area contributed by atoms with E-state index in [9.17, 15) is 9.90 Å². The fraction of sp³-hybridized carbons (Fsp3) is 0.450. The summed E-state index contributed by atoms with van der Waals surface area (Å²) >= 11 is 0. The van der Waals surface area contributed by atoms with Crippen molar-refractivity contribution in [2.24, 2.45) is 5.73 Å². The molecule has 0 aliphatic carbocycles. The van der Waals surface area contributed by atoms with Crippen molar-refractivity contribution in [1.82, 2.24) is 4.57 Å². The molecule has 1 heterocycles. The number of methoxy groups -OCH3 is 1. The SMILES string of the molecule is CCCCc1c(-c2ccccc2OC)c(C(N)=O)c(C)n1CCCO. The molecule has 2 rings (SSSR count). The van der Waals surface area contributed by atoms with Crippen molar-refractivity contribution < 1.29 is 14.6 Å². The number of rotatable bonds is 9. The van der Waals surface area contributed by atoms with E-state index in [4.69, 9.17) is 10.5 Å². The first kappa shape index (κ1) is 19.1. The summed E-state index contributed by atoms with van der Waals surface area (Å²) in [5.74, 6) is 0.293. The number of para-hydroxylation sites is 1. The first-order valence-electron chi connectivity index (χ1n) is 8.82. The van der Waals surface area contributed by atoms with Gasteiger partial charge in [0.1, 0.15) is 5.75 Å². The van der Waals surface area contributed by atoms with Gasteiger partial charge in [-0.15, -0.1) is 0 Å². The highest BCUT2D eigenvalue weighted by atomic mass is 16.5. The van der Waals surface area contributed by atoms with Crippen LogP contribution in [0.25, 0.3) is 11.1 Å². The Balaban J connectivity index is 2.75. The maximum absolute atomic E-state index is 12.2. The average molecular weight is 344 g/mol. The van der Waals surface area contributed by atoms with Gasteiger partial charge in [0.25, 0.3) is 5.91 Å². The molecule has 1 amide bonds. The Kier molecular flexibility index (Phi) is 6.65. The van der Waals surface area contributed by atoms with Crippen LogP contribution in [-0.2, 0) is 13.0 Å². The third-order valence-corrected chi connectivity index (χ3v) is 4.56. The molecule has 5 heteroatoms. The number of aromatic nitrogens is 1. The van der Waals surface area contributed by atoms with Crippen molar-refractivity contribution in [1.29, 1.82) is 0 Å². The van der Waals surface area contributed by atoms with Gasteiger partial charge in [-0.05, 0) is 32.3 Å². The van der Waals surface area contributed by atoms with Gasteiger partial charge in [0, 0.05) is 35.7 Å². The largest absolute Gasteiger partial charge is 0.496 e. The predicted molar refractivity (Wildman–Crippen MR) is 100.0 cm³/mol. The van der Waals surface area contributed by atoms with E-state index in [2.05, 4.69) is 11.5 Å². The lowest BCUT2D eigenvalue weighted by molar-refractivity contribution is 0.1000. The molecule has 0 unspecified atom stereocenters. The summed E-state index contributed by atoms with van der Waals surface area (Å²) in [6, 6.07) is 7.70. The van der Waals surface area contributed by atoms with Gasteiger partial charge in [0.2, 0.25) is 0 Å². The highest BCUT2D eigenvalue weighted by molar-refractivity contribution is 6.03. The molecular weight excluding hydrogens is 316 g/mol. The fourth-order valence-corrected chi connectivity index (χ4v) is 3.38. The van der Waals surface area contributed by atoms with Crippen LogP contribution in [0.2, 0.25) is 0 Å². The van der Waals surface area contributed by atoms with Crippen LogP contribution in [0, 0.1) is 6.92 Å². The van der Waals surface area contributed by atoms with E-state index in [0.717, 1.165) is 47.5 Å². The molecule has 3 N–H and O–H groups in total. The van der Waals surface area contributed by atoms with Crippen LogP contribution < -0.4 is 10.5 Å². The van der Waals surface area contributed by atoms with Crippen molar-refractivity contribution >= 4 is 5.91 Å². The van der Waals surface area contributed by atoms with Gasteiger partial charge in [-0.3, -0.25) is 4.79 Å². The molecule has 0 spiro atoms. The molecule has 0 saturated heterocycles. The van der Waals surface area contributed by atoms with Crippen LogP contribution in [0.3, 0.4) is 0 Å². The third kappa shape index (κ3) is 3.87. The fourth-order valence-electron chi connectivity index (χ4n) is 3.38.